The van der Waals surface area contributed by atoms with Gasteiger partial charge >= 0.3 is 0 Å². The van der Waals surface area contributed by atoms with Gasteiger partial charge in [0.25, 0.3) is 5.91 Å². The van der Waals surface area contributed by atoms with Crippen molar-refractivity contribution in [3.63, 3.8) is 0 Å². The number of benzene rings is 2. The van der Waals surface area contributed by atoms with Gasteiger partial charge in [-0.15, -0.1) is 0 Å². The van der Waals surface area contributed by atoms with E-state index in [2.05, 4.69) is 15.8 Å². The van der Waals surface area contributed by atoms with Gasteiger partial charge in [-0.05, 0) is 43.1 Å². The van der Waals surface area contributed by atoms with Crippen molar-refractivity contribution < 1.29 is 14.0 Å². The summed E-state index contributed by atoms with van der Waals surface area (Å²) in [4.78, 5) is 20.9. The highest BCUT2D eigenvalue weighted by Crippen LogP contribution is 2.36. The zero-order valence-electron chi connectivity index (χ0n) is 15.0. The molecule has 2 aromatic carbocycles. The summed E-state index contributed by atoms with van der Waals surface area (Å²) in [7, 11) is 2.05. The van der Waals surface area contributed by atoms with Crippen LogP contribution in [0.25, 0.3) is 22.2 Å². The first kappa shape index (κ1) is 16.5. The molecule has 2 aliphatic rings. The summed E-state index contributed by atoms with van der Waals surface area (Å²) < 4.78 is 15.0. The van der Waals surface area contributed by atoms with Crippen LogP contribution in [0, 0.1) is 5.82 Å². The zero-order chi connectivity index (χ0) is 18.6. The van der Waals surface area contributed by atoms with Crippen LogP contribution in [-0.4, -0.2) is 25.3 Å². The van der Waals surface area contributed by atoms with Crippen LogP contribution in [0.5, 0.6) is 0 Å². The van der Waals surface area contributed by atoms with E-state index in [4.69, 9.17) is 4.84 Å². The first-order valence-corrected chi connectivity index (χ1v) is 9.18. The molecule has 136 valence electrons. The highest BCUT2D eigenvalue weighted by molar-refractivity contribution is 6.16. The van der Waals surface area contributed by atoms with Gasteiger partial charge in [-0.2, -0.15) is 0 Å². The molecule has 27 heavy (non-hydrogen) atoms. The lowest BCUT2D eigenvalue weighted by Gasteiger charge is -2.26. The lowest BCUT2D eigenvalue weighted by molar-refractivity contribution is 0.0256. The Morgan fingerprint density at radius 3 is 2.89 bits per heavy atom. The van der Waals surface area contributed by atoms with Crippen molar-refractivity contribution in [1.29, 1.82) is 0 Å². The van der Waals surface area contributed by atoms with Crippen LogP contribution in [0.15, 0.2) is 36.4 Å². The smallest absolute Gasteiger partial charge is 0.275 e. The monoisotopic (exact) mass is 363 g/mol. The molecule has 1 atom stereocenters. The molecular formula is C20H19BFN3O2. The molecule has 0 spiro atoms. The molecular weight excluding hydrogens is 344 g/mol. The maximum Gasteiger partial charge on any atom is 0.275 e. The summed E-state index contributed by atoms with van der Waals surface area (Å²) in [5.74, 6) is -0.495. The minimum atomic E-state index is -0.318. The van der Waals surface area contributed by atoms with Crippen LogP contribution in [0.3, 0.4) is 0 Å². The maximum atomic E-state index is 15.0. The zero-order valence-corrected chi connectivity index (χ0v) is 15.0. The number of halogens is 1. The number of aromatic nitrogens is 1. The van der Waals surface area contributed by atoms with E-state index in [0.717, 1.165) is 47.1 Å². The fraction of sp³-hybridized carbons (Fsp3) is 0.250. The Morgan fingerprint density at radius 1 is 1.22 bits per heavy atom. The molecule has 5 rings (SSSR count). The molecule has 3 aromatic rings. The predicted octanol–water partition coefficient (Wildman–Crippen LogP) is 2.32. The molecule has 2 aliphatic heterocycles. The molecule has 7 heteroatoms. The van der Waals surface area contributed by atoms with Crippen LogP contribution in [0.2, 0.25) is 0 Å². The molecule has 0 saturated carbocycles. The lowest BCUT2D eigenvalue weighted by atomic mass is 9.71. The Hall–Kier alpha value is -2.64. The van der Waals surface area contributed by atoms with Crippen LogP contribution in [-0.2, 0) is 16.9 Å². The fourth-order valence-electron chi connectivity index (χ4n) is 4.37. The highest BCUT2D eigenvalue weighted by Gasteiger charge is 2.32. The predicted molar refractivity (Wildman–Crippen MR) is 103 cm³/mol. The van der Waals surface area contributed by atoms with Crippen LogP contribution in [0.1, 0.15) is 34.3 Å². The summed E-state index contributed by atoms with van der Waals surface area (Å²) in [6.07, 6.45) is 1.97. The van der Waals surface area contributed by atoms with Crippen molar-refractivity contribution in [2.75, 3.05) is 6.54 Å². The second-order valence-electron chi connectivity index (χ2n) is 7.48. The van der Waals surface area contributed by atoms with Gasteiger partial charge in [-0.1, -0.05) is 18.2 Å². The van der Waals surface area contributed by atoms with E-state index in [1.165, 1.54) is 0 Å². The molecule has 1 fully saturated rings. The first-order valence-electron chi connectivity index (χ1n) is 9.18. The number of rotatable bonds is 2. The van der Waals surface area contributed by atoms with Gasteiger partial charge in [0.1, 0.15) is 20.3 Å². The Kier molecular flexibility index (Phi) is 3.64. The summed E-state index contributed by atoms with van der Waals surface area (Å²) in [5.41, 5.74) is 6.60. The van der Waals surface area contributed by atoms with E-state index >= 15 is 4.39 Å². The number of aromatic amines is 1. The normalized spacial score (nSPS) is 22.0. The van der Waals surface area contributed by atoms with E-state index in [0.29, 0.717) is 11.1 Å². The summed E-state index contributed by atoms with van der Waals surface area (Å²) in [6, 6.07) is 10.9. The topological polar surface area (TPSA) is 66.1 Å². The van der Waals surface area contributed by atoms with Gasteiger partial charge in [-0.3, -0.25) is 9.63 Å². The van der Waals surface area contributed by atoms with Crippen LogP contribution < -0.4 is 10.8 Å². The van der Waals surface area contributed by atoms with Gasteiger partial charge in [0.05, 0.1) is 11.3 Å². The standard InChI is InChI=1S/C20H19BFN3O2/c21-20(7-2-8-23-20)14-6-5-11(9-15(14)22)18-13-10-27-25-19(26)12-3-1-4-16(24-18)17(12)13/h1,3-6,9,23-24H,2,7-8,10,21H2,(H,25,26)/t20-/m0/s1. The van der Waals surface area contributed by atoms with Gasteiger partial charge < -0.3 is 10.3 Å². The molecule has 1 aromatic heterocycles. The SMILES string of the molecule is B[C@@]1(c2ccc(-c3[nH]c4cccc5c4c3CONC5=O)cc2F)CCCN1. The fourth-order valence-corrected chi connectivity index (χ4v) is 4.37. The average molecular weight is 363 g/mol. The third-order valence-electron chi connectivity index (χ3n) is 5.77. The molecule has 0 bridgehead atoms. The minimum Gasteiger partial charge on any atom is -0.354 e. The number of amides is 1. The molecule has 0 aliphatic carbocycles. The van der Waals surface area contributed by atoms with Crippen molar-refractivity contribution in [1.82, 2.24) is 15.8 Å². The minimum absolute atomic E-state index is 0.223. The molecule has 1 saturated heterocycles. The molecule has 0 radical (unpaired) electrons. The molecule has 0 unspecified atom stereocenters. The molecule has 5 nitrogen and oxygen atoms in total. The number of carbonyl (C=O) groups excluding carboxylic acids is 1. The number of H-pyrrole nitrogens is 1. The van der Waals surface area contributed by atoms with Gasteiger partial charge in [0, 0.05) is 27.5 Å². The third kappa shape index (κ3) is 2.50. The van der Waals surface area contributed by atoms with E-state index in [-0.39, 0.29) is 23.8 Å². The Morgan fingerprint density at radius 2 is 2.11 bits per heavy atom. The van der Waals surface area contributed by atoms with Crippen molar-refractivity contribution >= 4 is 24.7 Å². The van der Waals surface area contributed by atoms with Gasteiger partial charge in [-0.25, -0.2) is 9.87 Å². The Labute approximate surface area is 156 Å². The summed E-state index contributed by atoms with van der Waals surface area (Å²) in [6.45, 7) is 1.13. The Balaban J connectivity index is 1.66. The van der Waals surface area contributed by atoms with Gasteiger partial charge in [0.15, 0.2) is 0 Å². The van der Waals surface area contributed by atoms with E-state index in [1.54, 1.807) is 12.1 Å². The summed E-state index contributed by atoms with van der Waals surface area (Å²) >= 11 is 0. The lowest BCUT2D eigenvalue weighted by Crippen LogP contribution is -2.38. The Bertz CT molecular complexity index is 1070. The number of hydrogen-bond donors (Lipinski definition) is 3. The van der Waals surface area contributed by atoms with E-state index < -0.39 is 0 Å². The van der Waals surface area contributed by atoms with Crippen molar-refractivity contribution in [2.24, 2.45) is 0 Å². The van der Waals surface area contributed by atoms with Crippen LogP contribution >= 0.6 is 0 Å². The van der Waals surface area contributed by atoms with E-state index in [9.17, 15) is 4.79 Å². The van der Waals surface area contributed by atoms with Gasteiger partial charge in [0.2, 0.25) is 0 Å². The second-order valence-corrected chi connectivity index (χ2v) is 7.48. The quantitative estimate of drug-likeness (QED) is 0.613. The maximum absolute atomic E-state index is 15.0. The first-order chi connectivity index (χ1) is 13.1. The molecule has 1 amide bonds. The molecule has 3 heterocycles. The van der Waals surface area contributed by atoms with Crippen molar-refractivity contribution in [2.45, 2.75) is 24.9 Å². The average Bonchev–Trinajstić information content (AvgIpc) is 3.21. The third-order valence-corrected chi connectivity index (χ3v) is 5.77. The second kappa shape index (κ2) is 5.94. The number of hydrogen-bond acceptors (Lipinski definition) is 3. The van der Waals surface area contributed by atoms with Crippen molar-refractivity contribution in [3.8, 4) is 11.3 Å². The van der Waals surface area contributed by atoms with E-state index in [1.807, 2.05) is 32.1 Å². The van der Waals surface area contributed by atoms with Crippen molar-refractivity contribution in [3.05, 3.63) is 58.9 Å². The van der Waals surface area contributed by atoms with Crippen LogP contribution in [0.4, 0.5) is 4.39 Å². The number of nitrogens with one attached hydrogen (secondary N) is 3. The summed E-state index contributed by atoms with van der Waals surface area (Å²) in [5, 5.41) is 4.24. The number of hydroxylamine groups is 1. The largest absolute Gasteiger partial charge is 0.354 e. The molecule has 3 N–H and O–H groups in total. The highest BCUT2D eigenvalue weighted by atomic mass is 19.1. The number of carbonyl (C=O) groups is 1.